The van der Waals surface area contributed by atoms with Crippen LogP contribution in [-0.2, 0) is 6.42 Å². The number of hydrogen-bond acceptors (Lipinski definition) is 2. The molecule has 1 heterocycles. The molecule has 0 saturated heterocycles. The minimum atomic E-state index is 0.774. The van der Waals surface area contributed by atoms with Crippen molar-refractivity contribution in [3.8, 4) is 0 Å². The maximum absolute atomic E-state index is 3.71. The van der Waals surface area contributed by atoms with Gasteiger partial charge in [0.2, 0.25) is 0 Å². The Morgan fingerprint density at radius 3 is 2.89 bits per heavy atom. The number of nitrogens with one attached hydrogen (secondary N) is 1. The van der Waals surface area contributed by atoms with E-state index >= 15 is 0 Å². The van der Waals surface area contributed by atoms with Gasteiger partial charge in [-0.3, -0.25) is 0 Å². The summed E-state index contributed by atoms with van der Waals surface area (Å²) in [6, 6.07) is 3.06. The largest absolute Gasteiger partial charge is 0.314 e. The Morgan fingerprint density at radius 2 is 2.22 bits per heavy atom. The van der Waals surface area contributed by atoms with Crippen LogP contribution in [0.15, 0.2) is 16.8 Å². The van der Waals surface area contributed by atoms with Crippen molar-refractivity contribution in [1.29, 1.82) is 0 Å². The van der Waals surface area contributed by atoms with E-state index in [-0.39, 0.29) is 0 Å². The van der Waals surface area contributed by atoms with Crippen molar-refractivity contribution in [2.24, 2.45) is 11.8 Å². The number of aryl methyl sites for hydroxylation is 1. The third-order valence-corrected chi connectivity index (χ3v) is 5.25. The smallest absolute Gasteiger partial charge is 0.00955 e. The van der Waals surface area contributed by atoms with E-state index in [1.54, 1.807) is 0 Å². The molecule has 2 heteroatoms. The summed E-state index contributed by atoms with van der Waals surface area (Å²) in [6.07, 6.45) is 8.27. The molecule has 0 spiro atoms. The summed E-state index contributed by atoms with van der Waals surface area (Å²) in [4.78, 5) is 0. The van der Waals surface area contributed by atoms with Crippen LogP contribution >= 0.6 is 11.3 Å². The Balaban J connectivity index is 1.87. The van der Waals surface area contributed by atoms with Gasteiger partial charge in [0.1, 0.15) is 0 Å². The topological polar surface area (TPSA) is 12.0 Å². The third kappa shape index (κ3) is 3.83. The minimum absolute atomic E-state index is 0.774. The Labute approximate surface area is 116 Å². The molecule has 0 amide bonds. The van der Waals surface area contributed by atoms with Crippen molar-refractivity contribution in [3.05, 3.63) is 22.4 Å². The van der Waals surface area contributed by atoms with Crippen molar-refractivity contribution in [3.63, 3.8) is 0 Å². The first-order chi connectivity index (χ1) is 8.83. The molecule has 3 unspecified atom stereocenters. The lowest BCUT2D eigenvalue weighted by molar-refractivity contribution is 0.191. The van der Waals surface area contributed by atoms with Gasteiger partial charge in [-0.1, -0.05) is 20.3 Å². The van der Waals surface area contributed by atoms with Crippen LogP contribution in [0, 0.1) is 11.8 Å². The van der Waals surface area contributed by atoms with Gasteiger partial charge in [-0.2, -0.15) is 11.3 Å². The van der Waals surface area contributed by atoms with Gasteiger partial charge in [0.15, 0.2) is 0 Å². The molecule has 0 bridgehead atoms. The minimum Gasteiger partial charge on any atom is -0.314 e. The number of rotatable bonds is 6. The second kappa shape index (κ2) is 7.30. The molecule has 3 atom stereocenters. The van der Waals surface area contributed by atoms with Crippen LogP contribution in [0.2, 0.25) is 0 Å². The van der Waals surface area contributed by atoms with Crippen molar-refractivity contribution in [2.45, 2.75) is 58.4 Å². The van der Waals surface area contributed by atoms with E-state index in [0.29, 0.717) is 0 Å². The molecule has 0 aliphatic heterocycles. The zero-order chi connectivity index (χ0) is 12.8. The molecule has 1 fully saturated rings. The van der Waals surface area contributed by atoms with Crippen molar-refractivity contribution in [1.82, 2.24) is 5.32 Å². The zero-order valence-corrected chi connectivity index (χ0v) is 12.6. The van der Waals surface area contributed by atoms with Gasteiger partial charge < -0.3 is 5.32 Å². The first-order valence-electron chi connectivity index (χ1n) is 7.57. The van der Waals surface area contributed by atoms with Gasteiger partial charge in [-0.05, 0) is 72.9 Å². The predicted octanol–water partition coefficient (Wildman–Crippen LogP) is 4.49. The van der Waals surface area contributed by atoms with Crippen LogP contribution in [0.3, 0.4) is 0 Å². The van der Waals surface area contributed by atoms with Crippen molar-refractivity contribution in [2.75, 3.05) is 6.54 Å². The summed E-state index contributed by atoms with van der Waals surface area (Å²) < 4.78 is 0. The van der Waals surface area contributed by atoms with Crippen LogP contribution in [0.4, 0.5) is 0 Å². The Kier molecular flexibility index (Phi) is 5.71. The first kappa shape index (κ1) is 14.1. The average Bonchev–Trinajstić information content (AvgIpc) is 2.91. The lowest BCUT2D eigenvalue weighted by Gasteiger charge is -2.36. The maximum Gasteiger partial charge on any atom is 0.00955 e. The summed E-state index contributed by atoms with van der Waals surface area (Å²) in [6.45, 7) is 5.71. The summed E-state index contributed by atoms with van der Waals surface area (Å²) >= 11 is 1.83. The van der Waals surface area contributed by atoms with Gasteiger partial charge in [0.25, 0.3) is 0 Å². The molecular formula is C16H27NS. The van der Waals surface area contributed by atoms with Crippen LogP contribution in [-0.4, -0.2) is 12.6 Å². The Morgan fingerprint density at radius 1 is 1.33 bits per heavy atom. The fraction of sp³-hybridized carbons (Fsp3) is 0.750. The summed E-state index contributed by atoms with van der Waals surface area (Å²) in [5, 5.41) is 8.22. The van der Waals surface area contributed by atoms with Crippen molar-refractivity contribution >= 4 is 11.3 Å². The van der Waals surface area contributed by atoms with Gasteiger partial charge in [-0.25, -0.2) is 0 Å². The molecule has 102 valence electrons. The van der Waals surface area contributed by atoms with Crippen LogP contribution in [0.5, 0.6) is 0 Å². The first-order valence-corrected chi connectivity index (χ1v) is 8.52. The van der Waals surface area contributed by atoms with Crippen LogP contribution in [0.1, 0.15) is 51.5 Å². The highest BCUT2D eigenvalue weighted by Crippen LogP contribution is 2.34. The second-order valence-corrected chi connectivity index (χ2v) is 6.46. The molecule has 0 radical (unpaired) electrons. The average molecular weight is 265 g/mol. The number of thiophene rings is 1. The summed E-state index contributed by atoms with van der Waals surface area (Å²) in [5.74, 6) is 1.87. The zero-order valence-electron chi connectivity index (χ0n) is 11.8. The predicted molar refractivity (Wildman–Crippen MR) is 81.2 cm³/mol. The molecule has 1 aliphatic carbocycles. The fourth-order valence-corrected chi connectivity index (χ4v) is 4.07. The van der Waals surface area contributed by atoms with Gasteiger partial charge in [0.05, 0.1) is 0 Å². The summed E-state index contributed by atoms with van der Waals surface area (Å²) in [5.41, 5.74) is 1.54. The van der Waals surface area contributed by atoms with E-state index in [1.165, 1.54) is 44.1 Å². The lowest BCUT2D eigenvalue weighted by atomic mass is 9.75. The van der Waals surface area contributed by atoms with E-state index in [4.69, 9.17) is 0 Å². The highest BCUT2D eigenvalue weighted by atomic mass is 32.1. The van der Waals surface area contributed by atoms with E-state index in [1.807, 2.05) is 11.3 Å². The third-order valence-electron chi connectivity index (χ3n) is 4.52. The van der Waals surface area contributed by atoms with E-state index < -0.39 is 0 Å². The number of hydrogen-bond donors (Lipinski definition) is 1. The van der Waals surface area contributed by atoms with Crippen LogP contribution in [0.25, 0.3) is 0 Å². The Bertz CT molecular complexity index is 320. The molecule has 2 rings (SSSR count). The molecule has 1 N–H and O–H groups in total. The van der Waals surface area contributed by atoms with E-state index in [0.717, 1.165) is 24.4 Å². The highest BCUT2D eigenvalue weighted by Gasteiger charge is 2.28. The van der Waals surface area contributed by atoms with Crippen LogP contribution < -0.4 is 5.32 Å². The highest BCUT2D eigenvalue weighted by molar-refractivity contribution is 7.07. The second-order valence-electron chi connectivity index (χ2n) is 5.68. The van der Waals surface area contributed by atoms with Gasteiger partial charge in [-0.15, -0.1) is 0 Å². The quantitative estimate of drug-likeness (QED) is 0.799. The molecular weight excluding hydrogens is 238 g/mol. The molecule has 0 aromatic carbocycles. The molecule has 1 saturated carbocycles. The van der Waals surface area contributed by atoms with Gasteiger partial charge in [0, 0.05) is 6.04 Å². The molecule has 18 heavy (non-hydrogen) atoms. The van der Waals surface area contributed by atoms with Crippen molar-refractivity contribution < 1.29 is 0 Å². The summed E-state index contributed by atoms with van der Waals surface area (Å²) in [7, 11) is 0. The maximum atomic E-state index is 3.71. The molecule has 1 nitrogen and oxygen atoms in total. The SMILES string of the molecule is CCNC1CCC(CC)CC1CCc1ccsc1. The van der Waals surface area contributed by atoms with E-state index in [2.05, 4.69) is 36.0 Å². The lowest BCUT2D eigenvalue weighted by Crippen LogP contribution is -2.40. The van der Waals surface area contributed by atoms with Gasteiger partial charge >= 0.3 is 0 Å². The Hall–Kier alpha value is -0.340. The molecule has 1 aliphatic rings. The van der Waals surface area contributed by atoms with E-state index in [9.17, 15) is 0 Å². The normalized spacial score (nSPS) is 28.4. The standard InChI is InChI=1S/C16H27NS/c1-3-13-6-8-16(17-4-2)15(11-13)7-5-14-9-10-18-12-14/h9-10,12-13,15-17H,3-8,11H2,1-2H3. The molecule has 1 aromatic heterocycles. The fourth-order valence-electron chi connectivity index (χ4n) is 3.37. The molecule has 1 aromatic rings. The monoisotopic (exact) mass is 265 g/mol.